The molecule has 18 heavy (non-hydrogen) atoms. The van der Waals surface area contributed by atoms with Crippen LogP contribution in [0.15, 0.2) is 23.8 Å². The number of benzene rings is 1. The standard InChI is InChI=1S/C15H18ClFO/c16-14-6-7-15(17)12(9-14)8-13(10-18)11-4-2-1-3-5-11/h6-9,11,18H,1-5,10H2/b13-8-. The highest BCUT2D eigenvalue weighted by molar-refractivity contribution is 6.30. The first-order valence-corrected chi connectivity index (χ1v) is 6.85. The van der Waals surface area contributed by atoms with E-state index in [9.17, 15) is 9.50 Å². The van der Waals surface area contributed by atoms with Gasteiger partial charge in [0, 0.05) is 10.6 Å². The average molecular weight is 269 g/mol. The lowest BCUT2D eigenvalue weighted by molar-refractivity contribution is 0.295. The van der Waals surface area contributed by atoms with Crippen LogP contribution in [0.2, 0.25) is 5.02 Å². The third kappa shape index (κ3) is 3.33. The largest absolute Gasteiger partial charge is 0.392 e. The smallest absolute Gasteiger partial charge is 0.130 e. The predicted octanol–water partition coefficient (Wildman–Crippen LogP) is 4.44. The molecule has 0 unspecified atom stereocenters. The first-order chi connectivity index (χ1) is 8.70. The zero-order valence-electron chi connectivity index (χ0n) is 10.3. The second kappa shape index (κ2) is 6.35. The van der Waals surface area contributed by atoms with Gasteiger partial charge in [-0.15, -0.1) is 0 Å². The molecule has 0 atom stereocenters. The van der Waals surface area contributed by atoms with Crippen molar-refractivity contribution in [2.45, 2.75) is 32.1 Å². The molecular weight excluding hydrogens is 251 g/mol. The number of hydrogen-bond donors (Lipinski definition) is 1. The molecule has 0 bridgehead atoms. The van der Waals surface area contributed by atoms with Gasteiger partial charge in [-0.05, 0) is 42.5 Å². The van der Waals surface area contributed by atoms with Gasteiger partial charge in [0.1, 0.15) is 5.82 Å². The highest BCUT2D eigenvalue weighted by Gasteiger charge is 2.17. The number of halogens is 2. The van der Waals surface area contributed by atoms with Crippen LogP contribution in [-0.4, -0.2) is 11.7 Å². The lowest BCUT2D eigenvalue weighted by Gasteiger charge is -2.23. The fourth-order valence-electron chi connectivity index (χ4n) is 2.59. The van der Waals surface area contributed by atoms with Crippen molar-refractivity contribution in [3.05, 3.63) is 40.2 Å². The van der Waals surface area contributed by atoms with Crippen molar-refractivity contribution >= 4 is 17.7 Å². The van der Waals surface area contributed by atoms with Gasteiger partial charge >= 0.3 is 0 Å². The van der Waals surface area contributed by atoms with E-state index >= 15 is 0 Å². The van der Waals surface area contributed by atoms with Gasteiger partial charge < -0.3 is 5.11 Å². The van der Waals surface area contributed by atoms with Crippen LogP contribution in [0.3, 0.4) is 0 Å². The molecule has 98 valence electrons. The molecule has 3 heteroatoms. The summed E-state index contributed by atoms with van der Waals surface area (Å²) >= 11 is 5.87. The number of rotatable bonds is 3. The maximum atomic E-state index is 13.6. The lowest BCUT2D eigenvalue weighted by Crippen LogP contribution is -2.11. The molecule has 2 rings (SSSR count). The van der Waals surface area contributed by atoms with Gasteiger partial charge in [0.25, 0.3) is 0 Å². The zero-order valence-corrected chi connectivity index (χ0v) is 11.1. The van der Waals surface area contributed by atoms with Gasteiger partial charge in [-0.3, -0.25) is 0 Å². The van der Waals surface area contributed by atoms with E-state index in [0.717, 1.165) is 18.4 Å². The number of hydrogen-bond acceptors (Lipinski definition) is 1. The lowest BCUT2D eigenvalue weighted by atomic mass is 9.83. The van der Waals surface area contributed by atoms with E-state index in [4.69, 9.17) is 11.6 Å². The molecule has 0 spiro atoms. The maximum absolute atomic E-state index is 13.6. The van der Waals surface area contributed by atoms with Crippen LogP contribution >= 0.6 is 11.6 Å². The first-order valence-electron chi connectivity index (χ1n) is 6.47. The zero-order chi connectivity index (χ0) is 13.0. The van der Waals surface area contributed by atoms with Gasteiger partial charge in [0.2, 0.25) is 0 Å². The summed E-state index contributed by atoms with van der Waals surface area (Å²) in [5.74, 6) is 0.100. The molecule has 1 aromatic rings. The van der Waals surface area contributed by atoms with Crippen molar-refractivity contribution in [3.8, 4) is 0 Å². The van der Waals surface area contributed by atoms with Crippen molar-refractivity contribution in [2.75, 3.05) is 6.61 Å². The van der Waals surface area contributed by atoms with E-state index in [1.54, 1.807) is 12.1 Å². The molecule has 0 saturated heterocycles. The average Bonchev–Trinajstić information content (AvgIpc) is 2.41. The number of aliphatic hydroxyl groups is 1. The van der Waals surface area contributed by atoms with E-state index in [0.29, 0.717) is 16.5 Å². The second-order valence-electron chi connectivity index (χ2n) is 4.88. The molecule has 1 saturated carbocycles. The van der Waals surface area contributed by atoms with Crippen molar-refractivity contribution < 1.29 is 9.50 Å². The molecule has 1 N–H and O–H groups in total. The van der Waals surface area contributed by atoms with E-state index in [1.165, 1.54) is 31.4 Å². The van der Waals surface area contributed by atoms with Gasteiger partial charge in [-0.2, -0.15) is 0 Å². The van der Waals surface area contributed by atoms with Gasteiger partial charge in [0.05, 0.1) is 6.61 Å². The summed E-state index contributed by atoms with van der Waals surface area (Å²) in [7, 11) is 0. The van der Waals surface area contributed by atoms with Crippen LogP contribution < -0.4 is 0 Å². The summed E-state index contributed by atoms with van der Waals surface area (Å²) < 4.78 is 13.6. The van der Waals surface area contributed by atoms with E-state index in [-0.39, 0.29) is 12.4 Å². The van der Waals surface area contributed by atoms with E-state index in [1.807, 2.05) is 0 Å². The Morgan fingerprint density at radius 1 is 1.33 bits per heavy atom. The normalized spacial score (nSPS) is 18.1. The summed E-state index contributed by atoms with van der Waals surface area (Å²) in [6, 6.07) is 4.51. The summed E-state index contributed by atoms with van der Waals surface area (Å²) in [4.78, 5) is 0. The van der Waals surface area contributed by atoms with Crippen molar-refractivity contribution in [1.82, 2.24) is 0 Å². The highest BCUT2D eigenvalue weighted by Crippen LogP contribution is 2.31. The van der Waals surface area contributed by atoms with E-state index in [2.05, 4.69) is 0 Å². The summed E-state index contributed by atoms with van der Waals surface area (Å²) in [5, 5.41) is 9.99. The maximum Gasteiger partial charge on any atom is 0.130 e. The van der Waals surface area contributed by atoms with Crippen molar-refractivity contribution in [1.29, 1.82) is 0 Å². The Morgan fingerprint density at radius 3 is 2.72 bits per heavy atom. The van der Waals surface area contributed by atoms with E-state index < -0.39 is 0 Å². The fraction of sp³-hybridized carbons (Fsp3) is 0.467. The fourth-order valence-corrected chi connectivity index (χ4v) is 2.77. The van der Waals surface area contributed by atoms with Gasteiger partial charge in [-0.25, -0.2) is 4.39 Å². The molecule has 0 heterocycles. The second-order valence-corrected chi connectivity index (χ2v) is 5.31. The minimum Gasteiger partial charge on any atom is -0.392 e. The van der Waals surface area contributed by atoms with Crippen LogP contribution in [0.4, 0.5) is 4.39 Å². The van der Waals surface area contributed by atoms with Crippen LogP contribution in [0.25, 0.3) is 6.08 Å². The Kier molecular flexibility index (Phi) is 4.79. The third-order valence-electron chi connectivity index (χ3n) is 3.61. The molecule has 1 aliphatic carbocycles. The van der Waals surface area contributed by atoms with Crippen molar-refractivity contribution in [2.24, 2.45) is 5.92 Å². The third-order valence-corrected chi connectivity index (χ3v) is 3.85. The molecule has 0 amide bonds. The van der Waals surface area contributed by atoms with Crippen molar-refractivity contribution in [3.63, 3.8) is 0 Å². The minimum absolute atomic E-state index is 0.00335. The first kappa shape index (κ1) is 13.6. The predicted molar refractivity (Wildman–Crippen MR) is 73.0 cm³/mol. The molecule has 1 fully saturated rings. The summed E-state index contributed by atoms with van der Waals surface area (Å²) in [6.45, 7) is -0.00335. The Hall–Kier alpha value is -0.860. The SMILES string of the molecule is OC/C(=C/c1cc(Cl)ccc1F)C1CCCCC1. The molecule has 0 radical (unpaired) electrons. The van der Waals surface area contributed by atoms with Crippen LogP contribution in [0.1, 0.15) is 37.7 Å². The van der Waals surface area contributed by atoms with Gasteiger partial charge in [-0.1, -0.05) is 36.9 Å². The minimum atomic E-state index is -0.291. The van der Waals surface area contributed by atoms with Crippen LogP contribution in [0.5, 0.6) is 0 Å². The Labute approximate surface area is 112 Å². The molecular formula is C15H18ClFO. The summed E-state index contributed by atoms with van der Waals surface area (Å²) in [5.41, 5.74) is 1.40. The van der Waals surface area contributed by atoms with Crippen LogP contribution in [-0.2, 0) is 0 Å². The molecule has 0 aliphatic heterocycles. The highest BCUT2D eigenvalue weighted by atomic mass is 35.5. The Bertz CT molecular complexity index is 436. The molecule has 1 aromatic carbocycles. The summed E-state index contributed by atoms with van der Waals surface area (Å²) in [6.07, 6.45) is 7.60. The molecule has 0 aromatic heterocycles. The monoisotopic (exact) mass is 268 g/mol. The topological polar surface area (TPSA) is 20.2 Å². The Morgan fingerprint density at radius 2 is 2.06 bits per heavy atom. The van der Waals surface area contributed by atoms with Gasteiger partial charge in [0.15, 0.2) is 0 Å². The molecule has 1 nitrogen and oxygen atoms in total. The van der Waals surface area contributed by atoms with Crippen LogP contribution in [0, 0.1) is 11.7 Å². The quantitative estimate of drug-likeness (QED) is 0.860. The Balaban J connectivity index is 2.24. The molecule has 1 aliphatic rings. The number of aliphatic hydroxyl groups excluding tert-OH is 1.